The summed E-state index contributed by atoms with van der Waals surface area (Å²) in [4.78, 5) is 27.8. The van der Waals surface area contributed by atoms with Crippen LogP contribution in [-0.4, -0.2) is 50.5 Å². The van der Waals surface area contributed by atoms with Crippen LogP contribution in [0.15, 0.2) is 42.5 Å². The summed E-state index contributed by atoms with van der Waals surface area (Å²) in [6.07, 6.45) is -2.19. The highest BCUT2D eigenvalue weighted by Crippen LogP contribution is 2.32. The number of carbonyl (C=O) groups excluding carboxylic acids is 2. The fourth-order valence-corrected chi connectivity index (χ4v) is 5.02. The maximum absolute atomic E-state index is 13.6. The van der Waals surface area contributed by atoms with E-state index in [1.807, 2.05) is 6.92 Å². The molecular weight excluding hydrogens is 566 g/mol. The lowest BCUT2D eigenvalue weighted by molar-refractivity contribution is -0.140. The minimum atomic E-state index is -4.72. The third kappa shape index (κ3) is 8.78. The number of hydrogen-bond donors (Lipinski definition) is 1. The van der Waals surface area contributed by atoms with E-state index in [9.17, 15) is 31.2 Å². The summed E-state index contributed by atoms with van der Waals surface area (Å²) in [6.45, 7) is 3.04. The smallest absolute Gasteiger partial charge is 0.354 e. The molecule has 2 amide bonds. The SMILES string of the molecule is CCCCNC(=O)C(CC)N(Cc1ccc(Cl)cc1Cl)C(=O)CN(c1cccc(C(F)(F)F)c1)S(C)(=O)=O. The van der Waals surface area contributed by atoms with Crippen LogP contribution in [0.5, 0.6) is 0 Å². The molecule has 0 bridgehead atoms. The molecule has 1 atom stereocenters. The van der Waals surface area contributed by atoms with E-state index in [0.717, 1.165) is 31.2 Å². The van der Waals surface area contributed by atoms with Gasteiger partial charge in [0.05, 0.1) is 17.5 Å². The number of rotatable bonds is 12. The number of amides is 2. The number of anilines is 1. The molecule has 0 saturated heterocycles. The lowest BCUT2D eigenvalue weighted by Crippen LogP contribution is -2.52. The molecule has 0 aliphatic rings. The Balaban J connectivity index is 2.49. The second kappa shape index (κ2) is 13.5. The molecule has 0 fully saturated rings. The van der Waals surface area contributed by atoms with Crippen LogP contribution in [0.1, 0.15) is 44.2 Å². The molecule has 0 aliphatic carbocycles. The summed E-state index contributed by atoms with van der Waals surface area (Å²) in [5, 5.41) is 3.36. The topological polar surface area (TPSA) is 86.8 Å². The Morgan fingerprint density at radius 3 is 2.32 bits per heavy atom. The first-order chi connectivity index (χ1) is 17.7. The molecule has 0 radical (unpaired) electrons. The van der Waals surface area contributed by atoms with Gasteiger partial charge in [0.15, 0.2) is 0 Å². The van der Waals surface area contributed by atoms with Crippen LogP contribution in [0.4, 0.5) is 18.9 Å². The highest BCUT2D eigenvalue weighted by molar-refractivity contribution is 7.92. The number of halogens is 5. The Kier molecular flexibility index (Phi) is 11.3. The average Bonchev–Trinajstić information content (AvgIpc) is 2.82. The predicted octanol–water partition coefficient (Wildman–Crippen LogP) is 5.50. The van der Waals surface area contributed by atoms with Crippen LogP contribution in [-0.2, 0) is 32.3 Å². The molecule has 38 heavy (non-hydrogen) atoms. The molecule has 13 heteroatoms. The molecule has 0 spiro atoms. The molecule has 0 saturated carbocycles. The number of nitrogens with one attached hydrogen (secondary N) is 1. The number of sulfonamides is 1. The van der Waals surface area contributed by atoms with E-state index < -0.39 is 46.2 Å². The third-order valence-corrected chi connectivity index (χ3v) is 7.44. The van der Waals surface area contributed by atoms with Crippen molar-refractivity contribution in [3.63, 3.8) is 0 Å². The Morgan fingerprint density at radius 1 is 1.08 bits per heavy atom. The highest BCUT2D eigenvalue weighted by atomic mass is 35.5. The van der Waals surface area contributed by atoms with Crippen molar-refractivity contribution < 1.29 is 31.2 Å². The lowest BCUT2D eigenvalue weighted by atomic mass is 10.1. The van der Waals surface area contributed by atoms with Crippen LogP contribution in [0.2, 0.25) is 10.0 Å². The van der Waals surface area contributed by atoms with Crippen LogP contribution >= 0.6 is 23.2 Å². The largest absolute Gasteiger partial charge is 0.416 e. The van der Waals surface area contributed by atoms with Gasteiger partial charge in [0.1, 0.15) is 12.6 Å². The van der Waals surface area contributed by atoms with E-state index in [2.05, 4.69) is 5.32 Å². The molecule has 0 heterocycles. The summed E-state index contributed by atoms with van der Waals surface area (Å²) < 4.78 is 65.7. The first-order valence-corrected chi connectivity index (χ1v) is 14.5. The minimum absolute atomic E-state index is 0.158. The summed E-state index contributed by atoms with van der Waals surface area (Å²) in [5.74, 6) is -1.24. The molecule has 7 nitrogen and oxygen atoms in total. The second-order valence-corrected chi connectivity index (χ2v) is 11.4. The Hall–Kier alpha value is -2.50. The van der Waals surface area contributed by atoms with Crippen molar-refractivity contribution >= 4 is 50.7 Å². The number of benzene rings is 2. The van der Waals surface area contributed by atoms with Crippen molar-refractivity contribution in [3.05, 3.63) is 63.6 Å². The summed E-state index contributed by atoms with van der Waals surface area (Å²) in [7, 11) is -4.19. The van der Waals surface area contributed by atoms with E-state index in [4.69, 9.17) is 23.2 Å². The zero-order valence-corrected chi connectivity index (χ0v) is 23.5. The van der Waals surface area contributed by atoms with Gasteiger partial charge < -0.3 is 10.2 Å². The molecule has 2 rings (SSSR count). The predicted molar refractivity (Wildman–Crippen MR) is 143 cm³/mol. The van der Waals surface area contributed by atoms with E-state index in [1.165, 1.54) is 17.0 Å². The number of hydrogen-bond acceptors (Lipinski definition) is 4. The fraction of sp³-hybridized carbons (Fsp3) is 0.440. The number of alkyl halides is 3. The Bertz CT molecular complexity index is 1240. The summed E-state index contributed by atoms with van der Waals surface area (Å²) in [6, 6.07) is 7.29. The number of unbranched alkanes of at least 4 members (excludes halogenated alkanes) is 1. The van der Waals surface area contributed by atoms with Crippen molar-refractivity contribution in [3.8, 4) is 0 Å². The average molecular weight is 596 g/mol. The summed E-state index contributed by atoms with van der Waals surface area (Å²) in [5.41, 5.74) is -0.947. The second-order valence-electron chi connectivity index (χ2n) is 8.64. The van der Waals surface area contributed by atoms with Gasteiger partial charge in [0, 0.05) is 23.1 Å². The van der Waals surface area contributed by atoms with Gasteiger partial charge in [0.2, 0.25) is 21.8 Å². The van der Waals surface area contributed by atoms with E-state index in [0.29, 0.717) is 27.5 Å². The molecule has 0 aliphatic heterocycles. The normalized spacial score (nSPS) is 12.6. The van der Waals surface area contributed by atoms with Crippen LogP contribution in [0.25, 0.3) is 0 Å². The molecule has 1 N–H and O–H groups in total. The first kappa shape index (κ1) is 31.7. The molecule has 2 aromatic rings. The van der Waals surface area contributed by atoms with Crippen LogP contribution in [0, 0.1) is 0 Å². The van der Waals surface area contributed by atoms with Crippen molar-refractivity contribution in [2.45, 2.75) is 51.9 Å². The van der Waals surface area contributed by atoms with Gasteiger partial charge in [-0.15, -0.1) is 0 Å². The molecule has 210 valence electrons. The fourth-order valence-electron chi connectivity index (χ4n) is 3.71. The molecule has 1 unspecified atom stereocenters. The van der Waals surface area contributed by atoms with Gasteiger partial charge in [-0.3, -0.25) is 13.9 Å². The molecular formula is C25H30Cl2F3N3O4S. The molecule has 2 aromatic carbocycles. The minimum Gasteiger partial charge on any atom is -0.354 e. The maximum atomic E-state index is 13.6. The Labute approximate surface area is 230 Å². The number of carbonyl (C=O) groups is 2. The highest BCUT2D eigenvalue weighted by Gasteiger charge is 2.34. The lowest BCUT2D eigenvalue weighted by Gasteiger charge is -2.33. The summed E-state index contributed by atoms with van der Waals surface area (Å²) >= 11 is 12.3. The monoisotopic (exact) mass is 595 g/mol. The maximum Gasteiger partial charge on any atom is 0.416 e. The van der Waals surface area contributed by atoms with Crippen molar-refractivity contribution in [2.75, 3.05) is 23.7 Å². The van der Waals surface area contributed by atoms with Gasteiger partial charge in [-0.2, -0.15) is 13.2 Å². The van der Waals surface area contributed by atoms with Gasteiger partial charge >= 0.3 is 6.18 Å². The van der Waals surface area contributed by atoms with Crippen molar-refractivity contribution in [1.29, 1.82) is 0 Å². The van der Waals surface area contributed by atoms with E-state index >= 15 is 0 Å². The molecule has 0 aromatic heterocycles. The van der Waals surface area contributed by atoms with Crippen molar-refractivity contribution in [1.82, 2.24) is 10.2 Å². The van der Waals surface area contributed by atoms with Gasteiger partial charge in [0.25, 0.3) is 0 Å². The van der Waals surface area contributed by atoms with Crippen LogP contribution in [0.3, 0.4) is 0 Å². The third-order valence-electron chi connectivity index (χ3n) is 5.71. The Morgan fingerprint density at radius 2 is 1.76 bits per heavy atom. The van der Waals surface area contributed by atoms with Crippen LogP contribution < -0.4 is 9.62 Å². The zero-order chi connectivity index (χ0) is 28.7. The quantitative estimate of drug-likeness (QED) is 0.328. The van der Waals surface area contributed by atoms with Gasteiger partial charge in [-0.1, -0.05) is 55.6 Å². The standard InChI is InChI=1S/C25H30Cl2F3N3O4S/c1-4-6-12-31-24(35)22(5-2)32(15-17-10-11-19(26)14-21(17)27)23(34)16-33(38(3,36)37)20-9-7-8-18(13-20)25(28,29)30/h7-11,13-14,22H,4-6,12,15-16H2,1-3H3,(H,31,35). The number of nitrogens with zero attached hydrogens (tertiary/aromatic N) is 2. The van der Waals surface area contributed by atoms with Crippen molar-refractivity contribution in [2.24, 2.45) is 0 Å². The van der Waals surface area contributed by atoms with E-state index in [1.54, 1.807) is 19.1 Å². The van der Waals surface area contributed by atoms with Gasteiger partial charge in [-0.05, 0) is 48.7 Å². The van der Waals surface area contributed by atoms with E-state index in [-0.39, 0.29) is 23.7 Å². The van der Waals surface area contributed by atoms with Gasteiger partial charge in [-0.25, -0.2) is 8.42 Å². The zero-order valence-electron chi connectivity index (χ0n) is 21.2. The first-order valence-electron chi connectivity index (χ1n) is 11.8.